The van der Waals surface area contributed by atoms with Crippen molar-refractivity contribution in [2.24, 2.45) is 0 Å². The van der Waals surface area contributed by atoms with Gasteiger partial charge in [0.2, 0.25) is 10.0 Å². The van der Waals surface area contributed by atoms with E-state index in [1.807, 2.05) is 19.1 Å². The molecule has 2 atom stereocenters. The summed E-state index contributed by atoms with van der Waals surface area (Å²) in [6.07, 6.45) is 7.45. The van der Waals surface area contributed by atoms with Crippen LogP contribution in [0.2, 0.25) is 0 Å². The molecule has 0 saturated heterocycles. The van der Waals surface area contributed by atoms with Crippen molar-refractivity contribution in [2.45, 2.75) is 43.7 Å². The van der Waals surface area contributed by atoms with Crippen molar-refractivity contribution in [3.63, 3.8) is 0 Å². The minimum absolute atomic E-state index is 0.0372. The second-order valence-electron chi connectivity index (χ2n) is 5.25. The molecule has 1 N–H and O–H groups in total. The molecule has 0 amide bonds. The van der Waals surface area contributed by atoms with Crippen molar-refractivity contribution >= 4 is 10.0 Å². The lowest BCUT2D eigenvalue weighted by molar-refractivity contribution is 0.494. The third-order valence-corrected chi connectivity index (χ3v) is 5.22. The predicted octanol–water partition coefficient (Wildman–Crippen LogP) is 2.39. The Kier molecular flexibility index (Phi) is 6.41. The van der Waals surface area contributed by atoms with Crippen LogP contribution in [0.5, 0.6) is 0 Å². The van der Waals surface area contributed by atoms with Gasteiger partial charge in [-0.1, -0.05) is 31.4 Å². The van der Waals surface area contributed by atoms with Gasteiger partial charge in [0.25, 0.3) is 0 Å². The number of hydrogen-bond acceptors (Lipinski definition) is 3. The molecule has 5 heteroatoms. The van der Waals surface area contributed by atoms with E-state index in [4.69, 9.17) is 6.42 Å². The Morgan fingerprint density at radius 2 is 1.86 bits per heavy atom. The molecule has 0 aliphatic carbocycles. The molecule has 0 fully saturated rings. The average molecular weight is 308 g/mol. The fourth-order valence-electron chi connectivity index (χ4n) is 2.04. The molecule has 1 aromatic rings. The molecule has 0 bridgehead atoms. The maximum absolute atomic E-state index is 12.0. The number of nitrogens with zero attached hydrogens (tertiary/aromatic N) is 1. The van der Waals surface area contributed by atoms with E-state index < -0.39 is 10.0 Å². The van der Waals surface area contributed by atoms with Gasteiger partial charge < -0.3 is 0 Å². The maximum atomic E-state index is 12.0. The molecule has 0 spiro atoms. The van der Waals surface area contributed by atoms with Gasteiger partial charge in [-0.25, -0.2) is 12.7 Å². The van der Waals surface area contributed by atoms with E-state index in [1.54, 1.807) is 12.1 Å². The summed E-state index contributed by atoms with van der Waals surface area (Å²) in [6.45, 7) is 4.12. The molecular formula is C16H24N2O2S. The maximum Gasteiger partial charge on any atom is 0.242 e. The molecule has 0 saturated carbocycles. The van der Waals surface area contributed by atoms with Crippen molar-refractivity contribution in [2.75, 3.05) is 14.1 Å². The Hall–Kier alpha value is -1.35. The Morgan fingerprint density at radius 1 is 1.29 bits per heavy atom. The fraction of sp³-hybridized carbons (Fsp3) is 0.500. The van der Waals surface area contributed by atoms with Crippen LogP contribution in [0.25, 0.3) is 0 Å². The molecule has 0 aliphatic heterocycles. The lowest BCUT2D eigenvalue weighted by atomic mass is 10.1. The molecule has 0 radical (unpaired) electrons. The van der Waals surface area contributed by atoms with Crippen molar-refractivity contribution in [1.82, 2.24) is 9.62 Å². The van der Waals surface area contributed by atoms with Crippen LogP contribution < -0.4 is 5.32 Å². The largest absolute Gasteiger partial charge is 0.297 e. The molecule has 2 unspecified atom stereocenters. The van der Waals surface area contributed by atoms with Gasteiger partial charge in [0.05, 0.1) is 10.9 Å². The van der Waals surface area contributed by atoms with Crippen molar-refractivity contribution in [3.8, 4) is 12.3 Å². The molecule has 1 rings (SSSR count). The van der Waals surface area contributed by atoms with Crippen molar-refractivity contribution in [1.29, 1.82) is 0 Å². The SMILES string of the molecule is C#CC(CCC)NC(C)c1ccc(S(=O)(=O)N(C)C)cc1. The number of sulfonamides is 1. The standard InChI is InChI=1S/C16H24N2O2S/c1-6-8-15(7-2)17-13(3)14-9-11-16(12-10-14)21(19,20)18(4)5/h2,9-13,15,17H,6,8H2,1,3-5H3. The summed E-state index contributed by atoms with van der Waals surface area (Å²) in [5, 5.41) is 3.37. The highest BCUT2D eigenvalue weighted by Crippen LogP contribution is 2.18. The minimum Gasteiger partial charge on any atom is -0.297 e. The summed E-state index contributed by atoms with van der Waals surface area (Å²) in [4.78, 5) is 0.297. The van der Waals surface area contributed by atoms with Gasteiger partial charge in [-0.05, 0) is 31.0 Å². The summed E-state index contributed by atoms with van der Waals surface area (Å²) in [6, 6.07) is 7.03. The number of nitrogens with one attached hydrogen (secondary N) is 1. The average Bonchev–Trinajstić information content (AvgIpc) is 2.46. The molecule has 1 aromatic carbocycles. The zero-order valence-corrected chi connectivity index (χ0v) is 13.9. The first-order valence-electron chi connectivity index (χ1n) is 7.07. The highest BCUT2D eigenvalue weighted by atomic mass is 32.2. The monoisotopic (exact) mass is 308 g/mol. The minimum atomic E-state index is -3.38. The molecule has 0 heterocycles. The summed E-state index contributed by atoms with van der Waals surface area (Å²) < 4.78 is 25.2. The summed E-state index contributed by atoms with van der Waals surface area (Å²) >= 11 is 0. The van der Waals surface area contributed by atoms with E-state index in [0.717, 1.165) is 18.4 Å². The van der Waals surface area contributed by atoms with Gasteiger partial charge in [0.15, 0.2) is 0 Å². The lowest BCUT2D eigenvalue weighted by Crippen LogP contribution is -2.30. The fourth-order valence-corrected chi connectivity index (χ4v) is 2.94. The molecule has 0 aliphatic rings. The second-order valence-corrected chi connectivity index (χ2v) is 7.40. The van der Waals surface area contributed by atoms with Crippen molar-refractivity contribution in [3.05, 3.63) is 29.8 Å². The van der Waals surface area contributed by atoms with Crippen molar-refractivity contribution < 1.29 is 8.42 Å². The molecule has 4 nitrogen and oxygen atoms in total. The first-order valence-corrected chi connectivity index (χ1v) is 8.51. The van der Waals surface area contributed by atoms with E-state index in [0.29, 0.717) is 4.90 Å². The van der Waals surface area contributed by atoms with Gasteiger partial charge in [-0.2, -0.15) is 0 Å². The Labute approximate surface area is 128 Å². The lowest BCUT2D eigenvalue weighted by Gasteiger charge is -2.20. The number of benzene rings is 1. The molecule has 21 heavy (non-hydrogen) atoms. The third-order valence-electron chi connectivity index (χ3n) is 3.39. The first kappa shape index (κ1) is 17.7. The highest BCUT2D eigenvalue weighted by Gasteiger charge is 2.17. The van der Waals surface area contributed by atoms with Gasteiger partial charge >= 0.3 is 0 Å². The number of rotatable bonds is 7. The van der Waals surface area contributed by atoms with Crippen LogP contribution in [0.3, 0.4) is 0 Å². The van der Waals surface area contributed by atoms with Crippen LogP contribution in [-0.2, 0) is 10.0 Å². The van der Waals surface area contributed by atoms with E-state index in [2.05, 4.69) is 18.2 Å². The normalized spacial score (nSPS) is 14.7. The predicted molar refractivity (Wildman–Crippen MR) is 86.4 cm³/mol. The van der Waals surface area contributed by atoms with Gasteiger partial charge in [-0.15, -0.1) is 6.42 Å². The van der Waals surface area contributed by atoms with E-state index in [1.165, 1.54) is 18.4 Å². The van der Waals surface area contributed by atoms with Crippen LogP contribution in [0, 0.1) is 12.3 Å². The topological polar surface area (TPSA) is 49.4 Å². The zero-order valence-electron chi connectivity index (χ0n) is 13.1. The molecule has 0 aromatic heterocycles. The van der Waals surface area contributed by atoms with E-state index >= 15 is 0 Å². The smallest absolute Gasteiger partial charge is 0.242 e. The number of hydrogen-bond donors (Lipinski definition) is 1. The second kappa shape index (κ2) is 7.60. The van der Waals surface area contributed by atoms with Gasteiger partial charge in [0.1, 0.15) is 0 Å². The van der Waals surface area contributed by atoms with Gasteiger partial charge in [0, 0.05) is 20.1 Å². The Balaban J connectivity index is 2.86. The van der Waals surface area contributed by atoms with Crippen LogP contribution >= 0.6 is 0 Å². The molecular weight excluding hydrogens is 284 g/mol. The quantitative estimate of drug-likeness (QED) is 0.787. The van der Waals surface area contributed by atoms with E-state index in [9.17, 15) is 8.42 Å². The van der Waals surface area contributed by atoms with Crippen LogP contribution in [0.4, 0.5) is 0 Å². The van der Waals surface area contributed by atoms with Gasteiger partial charge in [-0.3, -0.25) is 5.32 Å². The summed E-state index contributed by atoms with van der Waals surface area (Å²) in [5.74, 6) is 2.74. The van der Waals surface area contributed by atoms with Crippen LogP contribution in [-0.4, -0.2) is 32.9 Å². The summed E-state index contributed by atoms with van der Waals surface area (Å²) in [7, 11) is -0.328. The van der Waals surface area contributed by atoms with Crippen LogP contribution in [0.1, 0.15) is 38.3 Å². The highest BCUT2D eigenvalue weighted by molar-refractivity contribution is 7.89. The Bertz CT molecular complexity index is 586. The van der Waals surface area contributed by atoms with Crippen LogP contribution in [0.15, 0.2) is 29.2 Å². The first-order chi connectivity index (χ1) is 9.82. The zero-order chi connectivity index (χ0) is 16.0. The Morgan fingerprint density at radius 3 is 2.29 bits per heavy atom. The molecule has 116 valence electrons. The summed E-state index contributed by atoms with van der Waals surface area (Å²) in [5.41, 5.74) is 1.02. The third kappa shape index (κ3) is 4.57. The van der Waals surface area contributed by atoms with E-state index in [-0.39, 0.29) is 12.1 Å². The number of terminal acetylenes is 1.